The van der Waals surface area contributed by atoms with Crippen molar-refractivity contribution < 1.29 is 0 Å². The minimum absolute atomic E-state index is 0.984. The summed E-state index contributed by atoms with van der Waals surface area (Å²) in [6.45, 7) is 0. The van der Waals surface area contributed by atoms with Crippen molar-refractivity contribution >= 4 is 22.8 Å². The van der Waals surface area contributed by atoms with Gasteiger partial charge in [0.05, 0.1) is 4.99 Å². The first kappa shape index (κ1) is 7.68. The van der Waals surface area contributed by atoms with Gasteiger partial charge in [-0.1, -0.05) is 18.2 Å². The second-order valence-corrected chi connectivity index (χ2v) is 3.49. The normalized spacial score (nSPS) is 18.0. The topological polar surface area (TPSA) is 26.5 Å². The van der Waals surface area contributed by atoms with E-state index in [2.05, 4.69) is 22.1 Å². The van der Waals surface area contributed by atoms with E-state index >= 15 is 0 Å². The summed E-state index contributed by atoms with van der Waals surface area (Å²) in [5, 5.41) is 0. The first-order valence-electron chi connectivity index (χ1n) is 4.86. The molecule has 1 radical (unpaired) electrons. The Morgan fingerprint density at radius 1 is 1.21 bits per heavy atom. The zero-order chi connectivity index (χ0) is 9.38. The molecular formula is C12H10N2+. The molecule has 0 aromatic heterocycles. The second-order valence-electron chi connectivity index (χ2n) is 3.49. The van der Waals surface area contributed by atoms with E-state index in [1.807, 2.05) is 24.3 Å². The highest BCUT2D eigenvalue weighted by Crippen LogP contribution is 2.27. The molecule has 1 aliphatic heterocycles. The van der Waals surface area contributed by atoms with Crippen LogP contribution < -0.4 is 4.99 Å². The van der Waals surface area contributed by atoms with E-state index in [-0.39, 0.29) is 0 Å². The van der Waals surface area contributed by atoms with Crippen LogP contribution in [0.1, 0.15) is 12.8 Å². The van der Waals surface area contributed by atoms with E-state index in [1.165, 1.54) is 0 Å². The Hall–Kier alpha value is -1.70. The number of hydrogen-bond acceptors (Lipinski definition) is 2. The number of allylic oxidation sites excluding steroid dienone is 2. The molecule has 1 aromatic rings. The molecule has 2 nitrogen and oxygen atoms in total. The van der Waals surface area contributed by atoms with Crippen molar-refractivity contribution in [3.05, 3.63) is 36.4 Å². The maximum Gasteiger partial charge on any atom is 0.303 e. The predicted molar refractivity (Wildman–Crippen MR) is 58.7 cm³/mol. The summed E-state index contributed by atoms with van der Waals surface area (Å²) in [6, 6.07) is 8.02. The molecule has 0 fully saturated rings. The number of rotatable bonds is 0. The van der Waals surface area contributed by atoms with E-state index in [0.717, 1.165) is 35.6 Å². The third-order valence-corrected chi connectivity index (χ3v) is 2.50. The highest BCUT2D eigenvalue weighted by Gasteiger charge is 2.26. The monoisotopic (exact) mass is 182 g/mol. The Kier molecular flexibility index (Phi) is 1.60. The summed E-state index contributed by atoms with van der Waals surface area (Å²) in [4.78, 5) is 9.17. The molecule has 1 heterocycles. The Balaban J connectivity index is 2.20. The first-order chi connectivity index (χ1) is 6.93. The lowest BCUT2D eigenvalue weighted by atomic mass is 10.0. The van der Waals surface area contributed by atoms with E-state index in [1.54, 1.807) is 0 Å². The lowest BCUT2D eigenvalue weighted by Crippen LogP contribution is -2.21. The van der Waals surface area contributed by atoms with Gasteiger partial charge in [-0.2, -0.15) is 0 Å². The molecule has 0 N–H and O–H groups in total. The summed E-state index contributed by atoms with van der Waals surface area (Å²) in [6.07, 6.45) is 6.33. The van der Waals surface area contributed by atoms with Crippen LogP contribution in [0.3, 0.4) is 0 Å². The van der Waals surface area contributed by atoms with Crippen molar-refractivity contribution in [1.82, 2.24) is 4.99 Å². The largest absolute Gasteiger partial charge is 0.303 e. The molecule has 0 spiro atoms. The molecule has 3 rings (SSSR count). The Labute approximate surface area is 82.7 Å². The highest BCUT2D eigenvalue weighted by atomic mass is 14.9. The molecule has 2 aliphatic rings. The lowest BCUT2D eigenvalue weighted by molar-refractivity contribution is 1.08. The van der Waals surface area contributed by atoms with Gasteiger partial charge in [-0.3, -0.25) is 0 Å². The van der Waals surface area contributed by atoms with Gasteiger partial charge in [0, 0.05) is 18.6 Å². The Bertz CT molecular complexity index is 467. The van der Waals surface area contributed by atoms with Gasteiger partial charge in [-0.25, -0.2) is 4.99 Å². The zero-order valence-corrected chi connectivity index (χ0v) is 7.77. The molecule has 0 bridgehead atoms. The smallest absolute Gasteiger partial charge is 0.239 e. The van der Waals surface area contributed by atoms with Crippen molar-refractivity contribution in [2.75, 3.05) is 0 Å². The summed E-state index contributed by atoms with van der Waals surface area (Å²) in [7, 11) is 0. The molecule has 1 aromatic carbocycles. The summed E-state index contributed by atoms with van der Waals surface area (Å²) in [5.74, 6) is 0. The van der Waals surface area contributed by atoms with Gasteiger partial charge in [-0.05, 0) is 12.5 Å². The number of fused-ring (bicyclic) bond motifs is 2. The lowest BCUT2D eigenvalue weighted by Gasteiger charge is -2.06. The van der Waals surface area contributed by atoms with E-state index < -0.39 is 0 Å². The van der Waals surface area contributed by atoms with Gasteiger partial charge >= 0.3 is 5.69 Å². The maximum atomic E-state index is 4.60. The summed E-state index contributed by atoms with van der Waals surface area (Å²) < 4.78 is 0. The van der Waals surface area contributed by atoms with Crippen LogP contribution in [0.25, 0.3) is 0 Å². The number of para-hydroxylation sites is 2. The molecule has 1 aliphatic carbocycles. The van der Waals surface area contributed by atoms with Crippen LogP contribution in [0, 0.1) is 0 Å². The van der Waals surface area contributed by atoms with Gasteiger partial charge in [0.2, 0.25) is 0 Å². The second kappa shape index (κ2) is 2.91. The molecule has 2 heteroatoms. The maximum absolute atomic E-state index is 4.60. The number of benzene rings is 1. The van der Waals surface area contributed by atoms with Crippen molar-refractivity contribution in [3.8, 4) is 0 Å². The van der Waals surface area contributed by atoms with Crippen LogP contribution >= 0.6 is 0 Å². The van der Waals surface area contributed by atoms with E-state index in [9.17, 15) is 0 Å². The third kappa shape index (κ3) is 1.11. The van der Waals surface area contributed by atoms with Crippen molar-refractivity contribution in [1.29, 1.82) is 0 Å². The fourth-order valence-electron chi connectivity index (χ4n) is 1.78. The molecular weight excluding hydrogens is 172 g/mol. The van der Waals surface area contributed by atoms with Crippen LogP contribution in [-0.2, 0) is 0 Å². The Morgan fingerprint density at radius 3 is 3.14 bits per heavy atom. The summed E-state index contributed by atoms with van der Waals surface area (Å²) >= 11 is 0. The quantitative estimate of drug-likeness (QED) is 0.589. The van der Waals surface area contributed by atoms with Crippen molar-refractivity contribution in [2.45, 2.75) is 12.8 Å². The molecule has 0 saturated heterocycles. The fourth-order valence-corrected chi connectivity index (χ4v) is 1.78. The van der Waals surface area contributed by atoms with Gasteiger partial charge in [0.1, 0.15) is 11.4 Å². The number of hydrogen-bond donors (Lipinski definition) is 0. The minimum Gasteiger partial charge on any atom is -0.239 e. The van der Waals surface area contributed by atoms with Crippen LogP contribution in [0.5, 0.6) is 0 Å². The molecule has 0 saturated carbocycles. The average molecular weight is 182 g/mol. The predicted octanol–water partition coefficient (Wildman–Crippen LogP) is 2.53. The molecule has 14 heavy (non-hydrogen) atoms. The number of aliphatic imine (C=N–C) groups is 2. The van der Waals surface area contributed by atoms with Gasteiger partial charge < -0.3 is 0 Å². The van der Waals surface area contributed by atoms with Crippen LogP contribution in [-0.4, -0.2) is 11.4 Å². The van der Waals surface area contributed by atoms with Crippen molar-refractivity contribution in [3.63, 3.8) is 0 Å². The minimum atomic E-state index is 0.984. The van der Waals surface area contributed by atoms with Crippen LogP contribution in [0.2, 0.25) is 0 Å². The SMILES string of the molecule is C1=CC2=[N+]c3ccccc3N=C2CC1. The van der Waals surface area contributed by atoms with Gasteiger partial charge in [-0.15, -0.1) is 0 Å². The fraction of sp³-hybridized carbons (Fsp3) is 0.167. The van der Waals surface area contributed by atoms with Crippen LogP contribution in [0.4, 0.5) is 11.4 Å². The number of nitrogens with zero attached hydrogens (tertiary/aromatic N) is 2. The zero-order valence-electron chi connectivity index (χ0n) is 7.77. The van der Waals surface area contributed by atoms with Gasteiger partial charge in [0.15, 0.2) is 0 Å². The van der Waals surface area contributed by atoms with Crippen LogP contribution in [0.15, 0.2) is 41.4 Å². The molecule has 0 atom stereocenters. The van der Waals surface area contributed by atoms with E-state index in [4.69, 9.17) is 0 Å². The Morgan fingerprint density at radius 2 is 2.14 bits per heavy atom. The van der Waals surface area contributed by atoms with Crippen molar-refractivity contribution in [2.24, 2.45) is 4.99 Å². The molecule has 67 valence electrons. The summed E-state index contributed by atoms with van der Waals surface area (Å²) in [5.41, 5.74) is 4.15. The van der Waals surface area contributed by atoms with E-state index in [0.29, 0.717) is 0 Å². The molecule has 0 unspecified atom stereocenters. The van der Waals surface area contributed by atoms with Gasteiger partial charge in [0.25, 0.3) is 5.71 Å². The highest BCUT2D eigenvalue weighted by molar-refractivity contribution is 6.48. The first-order valence-corrected chi connectivity index (χ1v) is 4.86. The molecule has 0 amide bonds. The third-order valence-electron chi connectivity index (χ3n) is 2.50. The standard InChI is InChI=1S/C12H10N2/c1-2-6-10-9(5-1)13-11-7-3-4-8-12(11)14-10/h1-3,5-7H,4,8H2/q+1. The average Bonchev–Trinajstić information content (AvgIpc) is 2.26.